The van der Waals surface area contributed by atoms with E-state index < -0.39 is 47.4 Å². The molecule has 1 aromatic heterocycles. The van der Waals surface area contributed by atoms with E-state index in [9.17, 15) is 35.9 Å². The standard InChI is InChI=1S/C10H7F6NO4/c1-20-6(18)2-4-7(19)5(9(11,12)13)3-17-8(4)21-10(14,15)16/h3H,2H2,1H3,(H,17,19). The lowest BCUT2D eigenvalue weighted by Crippen LogP contribution is -2.28. The zero-order valence-corrected chi connectivity index (χ0v) is 10.2. The van der Waals surface area contributed by atoms with Gasteiger partial charge in [0.2, 0.25) is 11.3 Å². The van der Waals surface area contributed by atoms with E-state index in [-0.39, 0.29) is 6.20 Å². The van der Waals surface area contributed by atoms with E-state index in [1.807, 2.05) is 0 Å². The first kappa shape index (κ1) is 16.9. The molecule has 1 aromatic rings. The van der Waals surface area contributed by atoms with Crippen molar-refractivity contribution in [3.05, 3.63) is 27.5 Å². The Kier molecular flexibility index (Phi) is 4.54. The highest BCUT2D eigenvalue weighted by molar-refractivity contribution is 5.73. The molecule has 0 spiro atoms. The lowest BCUT2D eigenvalue weighted by Gasteiger charge is -2.14. The van der Waals surface area contributed by atoms with Gasteiger partial charge in [0.1, 0.15) is 5.56 Å². The zero-order chi connectivity index (χ0) is 16.4. The molecule has 1 N–H and O–H groups in total. The van der Waals surface area contributed by atoms with Crippen molar-refractivity contribution in [1.29, 1.82) is 0 Å². The van der Waals surface area contributed by atoms with Gasteiger partial charge in [0.15, 0.2) is 0 Å². The molecule has 0 fully saturated rings. The number of hydrogen-bond acceptors (Lipinski definition) is 4. The minimum Gasteiger partial charge on any atom is -0.469 e. The number of nitrogens with one attached hydrogen (secondary N) is 1. The van der Waals surface area contributed by atoms with Gasteiger partial charge in [-0.05, 0) is 0 Å². The van der Waals surface area contributed by atoms with Crippen LogP contribution in [0.3, 0.4) is 0 Å². The summed E-state index contributed by atoms with van der Waals surface area (Å²) < 4.78 is 81.4. The Bertz CT molecular complexity index is 589. The van der Waals surface area contributed by atoms with Crippen molar-refractivity contribution >= 4 is 5.97 Å². The van der Waals surface area contributed by atoms with E-state index in [0.29, 0.717) is 0 Å². The van der Waals surface area contributed by atoms with E-state index in [0.717, 1.165) is 7.11 Å². The summed E-state index contributed by atoms with van der Waals surface area (Å²) in [4.78, 5) is 24.2. The van der Waals surface area contributed by atoms with Gasteiger partial charge in [0.05, 0.1) is 19.1 Å². The van der Waals surface area contributed by atoms with Gasteiger partial charge in [-0.2, -0.15) is 13.2 Å². The first-order valence-electron chi connectivity index (χ1n) is 5.10. The molecule has 0 aliphatic rings. The number of methoxy groups -OCH3 is 1. The van der Waals surface area contributed by atoms with Crippen molar-refractivity contribution < 1.29 is 40.6 Å². The molecule has 118 valence electrons. The number of rotatable bonds is 3. The summed E-state index contributed by atoms with van der Waals surface area (Å²) in [7, 11) is 0.856. The van der Waals surface area contributed by atoms with Gasteiger partial charge in [0.25, 0.3) is 0 Å². The third-order valence-corrected chi connectivity index (χ3v) is 2.21. The molecule has 0 radical (unpaired) electrons. The topological polar surface area (TPSA) is 68.4 Å². The van der Waals surface area contributed by atoms with Crippen LogP contribution in [0.4, 0.5) is 26.3 Å². The average Bonchev–Trinajstić information content (AvgIpc) is 2.30. The van der Waals surface area contributed by atoms with Gasteiger partial charge in [0, 0.05) is 6.20 Å². The maximum atomic E-state index is 12.5. The van der Waals surface area contributed by atoms with Crippen LogP contribution in [-0.2, 0) is 22.1 Å². The summed E-state index contributed by atoms with van der Waals surface area (Å²) in [5.74, 6) is -2.50. The fourth-order valence-electron chi connectivity index (χ4n) is 1.35. The smallest absolute Gasteiger partial charge is 0.469 e. The second-order valence-corrected chi connectivity index (χ2v) is 3.64. The number of esters is 1. The molecule has 0 saturated heterocycles. The highest BCUT2D eigenvalue weighted by Crippen LogP contribution is 2.29. The molecular formula is C10H7F6NO4. The number of alkyl halides is 6. The van der Waals surface area contributed by atoms with Crippen molar-refractivity contribution in [1.82, 2.24) is 4.98 Å². The van der Waals surface area contributed by atoms with E-state index in [2.05, 4.69) is 9.47 Å². The molecule has 0 aliphatic heterocycles. The minimum absolute atomic E-state index is 0.0319. The number of aromatic amines is 1. The van der Waals surface area contributed by atoms with Crippen LogP contribution in [0.25, 0.3) is 0 Å². The molecule has 0 amide bonds. The molecule has 5 nitrogen and oxygen atoms in total. The van der Waals surface area contributed by atoms with Crippen LogP contribution in [0.1, 0.15) is 11.1 Å². The van der Waals surface area contributed by atoms with Crippen LogP contribution in [0, 0.1) is 0 Å². The molecule has 11 heteroatoms. The molecule has 0 bridgehead atoms. The Morgan fingerprint density at radius 2 is 1.81 bits per heavy atom. The van der Waals surface area contributed by atoms with Crippen molar-refractivity contribution in [2.45, 2.75) is 19.0 Å². The summed E-state index contributed by atoms with van der Waals surface area (Å²) in [6.07, 6.45) is -11.4. The third kappa shape index (κ3) is 4.39. The maximum absolute atomic E-state index is 12.5. The Balaban J connectivity index is 3.42. The molecular weight excluding hydrogens is 312 g/mol. The normalized spacial score (nSPS) is 12.1. The number of ether oxygens (including phenoxy) is 2. The van der Waals surface area contributed by atoms with E-state index in [1.165, 1.54) is 0 Å². The summed E-state index contributed by atoms with van der Waals surface area (Å²) in [5, 5.41) is 0. The highest BCUT2D eigenvalue weighted by Gasteiger charge is 2.38. The van der Waals surface area contributed by atoms with Gasteiger partial charge in [-0.3, -0.25) is 9.59 Å². The molecule has 0 saturated carbocycles. The third-order valence-electron chi connectivity index (χ3n) is 2.21. The van der Waals surface area contributed by atoms with Gasteiger partial charge in [-0.25, -0.2) is 0 Å². The number of halogens is 6. The fraction of sp³-hybridized carbons (Fsp3) is 0.400. The number of carbonyl (C=O) groups excluding carboxylic acids is 1. The highest BCUT2D eigenvalue weighted by atomic mass is 19.4. The number of aromatic nitrogens is 1. The van der Waals surface area contributed by atoms with Crippen LogP contribution in [0.2, 0.25) is 0 Å². The predicted octanol–water partition coefficient (Wildman–Crippen LogP) is 2.01. The minimum atomic E-state index is -5.26. The average molecular weight is 319 g/mol. The van der Waals surface area contributed by atoms with Crippen LogP contribution < -0.4 is 10.2 Å². The van der Waals surface area contributed by atoms with Crippen molar-refractivity contribution in [2.75, 3.05) is 7.11 Å². The Morgan fingerprint density at radius 1 is 1.24 bits per heavy atom. The number of pyridine rings is 1. The second-order valence-electron chi connectivity index (χ2n) is 3.64. The van der Waals surface area contributed by atoms with Crippen LogP contribution in [-0.4, -0.2) is 24.4 Å². The lowest BCUT2D eigenvalue weighted by molar-refractivity contribution is -0.276. The molecule has 21 heavy (non-hydrogen) atoms. The monoisotopic (exact) mass is 319 g/mol. The molecule has 0 aromatic carbocycles. The summed E-state index contributed by atoms with van der Waals surface area (Å²) in [5.41, 5.74) is -4.68. The van der Waals surface area contributed by atoms with Crippen molar-refractivity contribution in [3.63, 3.8) is 0 Å². The molecule has 0 unspecified atom stereocenters. The Hall–Kier alpha value is -2.20. The number of H-pyrrole nitrogens is 1. The summed E-state index contributed by atoms with van der Waals surface area (Å²) in [6.45, 7) is 0. The number of hydrogen-bond donors (Lipinski definition) is 1. The SMILES string of the molecule is COC(=O)Cc1c(OC(F)(F)F)[nH]cc(C(F)(F)F)c1=O. The van der Waals surface area contributed by atoms with Crippen LogP contribution >= 0.6 is 0 Å². The molecule has 0 atom stereocenters. The van der Waals surface area contributed by atoms with E-state index >= 15 is 0 Å². The van der Waals surface area contributed by atoms with Gasteiger partial charge >= 0.3 is 18.5 Å². The van der Waals surface area contributed by atoms with Crippen molar-refractivity contribution in [2.24, 2.45) is 0 Å². The van der Waals surface area contributed by atoms with Crippen molar-refractivity contribution in [3.8, 4) is 5.88 Å². The first-order valence-corrected chi connectivity index (χ1v) is 5.10. The van der Waals surface area contributed by atoms with Gasteiger partial charge in [-0.1, -0.05) is 0 Å². The Labute approximate surface area is 112 Å². The van der Waals surface area contributed by atoms with Crippen LogP contribution in [0.5, 0.6) is 5.88 Å². The Morgan fingerprint density at radius 3 is 2.24 bits per heavy atom. The first-order chi connectivity index (χ1) is 9.45. The van der Waals surface area contributed by atoms with E-state index in [4.69, 9.17) is 0 Å². The fourth-order valence-corrected chi connectivity index (χ4v) is 1.35. The molecule has 0 aliphatic carbocycles. The quantitative estimate of drug-likeness (QED) is 0.683. The van der Waals surface area contributed by atoms with Crippen LogP contribution in [0.15, 0.2) is 11.0 Å². The largest absolute Gasteiger partial charge is 0.574 e. The molecule has 1 heterocycles. The predicted molar refractivity (Wildman–Crippen MR) is 54.5 cm³/mol. The van der Waals surface area contributed by atoms with Gasteiger partial charge < -0.3 is 14.5 Å². The maximum Gasteiger partial charge on any atom is 0.574 e. The lowest BCUT2D eigenvalue weighted by atomic mass is 10.1. The summed E-state index contributed by atoms with van der Waals surface area (Å²) in [6, 6.07) is 0. The molecule has 1 rings (SSSR count). The second kappa shape index (κ2) is 5.66. The van der Waals surface area contributed by atoms with Gasteiger partial charge in [-0.15, -0.1) is 13.2 Å². The zero-order valence-electron chi connectivity index (χ0n) is 10.2. The number of carbonyl (C=O) groups is 1. The summed E-state index contributed by atoms with van der Waals surface area (Å²) >= 11 is 0. The van der Waals surface area contributed by atoms with E-state index in [1.54, 1.807) is 4.98 Å².